The Bertz CT molecular complexity index is 455. The Hall–Kier alpha value is -1.22. The van der Waals surface area contributed by atoms with Gasteiger partial charge in [0.05, 0.1) is 12.6 Å². The van der Waals surface area contributed by atoms with Crippen LogP contribution >= 0.6 is 11.6 Å². The van der Waals surface area contributed by atoms with E-state index < -0.39 is 5.54 Å². The van der Waals surface area contributed by atoms with Crippen molar-refractivity contribution >= 4 is 17.5 Å². The topological polar surface area (TPSA) is 38.3 Å². The molecule has 0 aliphatic heterocycles. The molecule has 0 bridgehead atoms. The first-order chi connectivity index (χ1) is 8.33. The maximum atomic E-state index is 11.5. The predicted molar refractivity (Wildman–Crippen MR) is 74.4 cm³/mol. The van der Waals surface area contributed by atoms with E-state index in [0.717, 1.165) is 22.4 Å². The Labute approximate surface area is 113 Å². The summed E-state index contributed by atoms with van der Waals surface area (Å²) in [5.74, 6) is 0.655. The van der Waals surface area contributed by atoms with Crippen molar-refractivity contribution in [1.29, 1.82) is 0 Å². The minimum atomic E-state index is -0.451. The molecular formula is C14H20ClNO2. The summed E-state index contributed by atoms with van der Waals surface area (Å²) in [4.78, 5) is 11.5. The molecule has 100 valence electrons. The zero-order valence-corrected chi connectivity index (χ0v) is 12.3. The molecule has 0 unspecified atom stereocenters. The molecule has 0 aliphatic carbocycles. The number of ether oxygens (including phenoxy) is 1. The number of hydrogen-bond donors (Lipinski definition) is 1. The Morgan fingerprint density at radius 2 is 1.94 bits per heavy atom. The highest BCUT2D eigenvalue weighted by Crippen LogP contribution is 2.30. The quantitative estimate of drug-likeness (QED) is 0.854. The van der Waals surface area contributed by atoms with Gasteiger partial charge in [-0.1, -0.05) is 6.07 Å². The van der Waals surface area contributed by atoms with Crippen LogP contribution in [0.2, 0.25) is 0 Å². The lowest BCUT2D eigenvalue weighted by atomic mass is 9.88. The van der Waals surface area contributed by atoms with Crippen molar-refractivity contribution in [3.05, 3.63) is 28.8 Å². The third-order valence-corrected chi connectivity index (χ3v) is 3.45. The van der Waals surface area contributed by atoms with Crippen LogP contribution in [0.4, 0.5) is 0 Å². The van der Waals surface area contributed by atoms with Gasteiger partial charge in [-0.3, -0.25) is 4.79 Å². The van der Waals surface area contributed by atoms with Gasteiger partial charge in [0.25, 0.3) is 0 Å². The maximum absolute atomic E-state index is 11.5. The van der Waals surface area contributed by atoms with Crippen LogP contribution in [-0.4, -0.2) is 18.9 Å². The molecule has 1 N–H and O–H groups in total. The maximum Gasteiger partial charge on any atom is 0.235 e. The number of halogens is 1. The molecule has 4 heteroatoms. The SMILES string of the molecule is COc1ccc(C(C)(C)NC(=O)CCl)c(C)c1C. The minimum Gasteiger partial charge on any atom is -0.496 e. The Morgan fingerprint density at radius 1 is 1.33 bits per heavy atom. The van der Waals surface area contributed by atoms with Gasteiger partial charge in [0.15, 0.2) is 0 Å². The summed E-state index contributed by atoms with van der Waals surface area (Å²) >= 11 is 5.53. The van der Waals surface area contributed by atoms with Gasteiger partial charge in [0.1, 0.15) is 11.6 Å². The van der Waals surface area contributed by atoms with E-state index in [4.69, 9.17) is 16.3 Å². The van der Waals surface area contributed by atoms with E-state index in [0.29, 0.717) is 0 Å². The van der Waals surface area contributed by atoms with E-state index in [1.807, 2.05) is 39.8 Å². The van der Waals surface area contributed by atoms with Crippen molar-refractivity contribution in [2.45, 2.75) is 33.2 Å². The van der Waals surface area contributed by atoms with Crippen LogP contribution in [0.1, 0.15) is 30.5 Å². The van der Waals surface area contributed by atoms with Crippen LogP contribution in [0.25, 0.3) is 0 Å². The smallest absolute Gasteiger partial charge is 0.235 e. The molecule has 0 aliphatic rings. The molecular weight excluding hydrogens is 250 g/mol. The number of carbonyl (C=O) groups excluding carboxylic acids is 1. The van der Waals surface area contributed by atoms with Gasteiger partial charge in [-0.2, -0.15) is 0 Å². The molecule has 0 aromatic heterocycles. The molecule has 1 amide bonds. The van der Waals surface area contributed by atoms with Gasteiger partial charge in [-0.25, -0.2) is 0 Å². The molecule has 3 nitrogen and oxygen atoms in total. The first-order valence-corrected chi connectivity index (χ1v) is 6.38. The standard InChI is InChI=1S/C14H20ClNO2/c1-9-10(2)12(18-5)7-6-11(9)14(3,4)16-13(17)8-15/h6-7H,8H2,1-5H3,(H,16,17). The second-order valence-corrected chi connectivity index (χ2v) is 5.14. The zero-order chi connectivity index (χ0) is 13.9. The second-order valence-electron chi connectivity index (χ2n) is 4.87. The summed E-state index contributed by atoms with van der Waals surface area (Å²) in [6.45, 7) is 7.97. The van der Waals surface area contributed by atoms with Crippen molar-refractivity contribution in [2.75, 3.05) is 13.0 Å². The Morgan fingerprint density at radius 3 is 2.44 bits per heavy atom. The third kappa shape index (κ3) is 2.96. The van der Waals surface area contributed by atoms with Crippen molar-refractivity contribution < 1.29 is 9.53 Å². The third-order valence-electron chi connectivity index (χ3n) is 3.20. The highest BCUT2D eigenvalue weighted by molar-refractivity contribution is 6.27. The molecule has 0 radical (unpaired) electrons. The normalized spacial score (nSPS) is 11.2. The van der Waals surface area contributed by atoms with Gasteiger partial charge >= 0.3 is 0 Å². The summed E-state index contributed by atoms with van der Waals surface area (Å²) in [6.07, 6.45) is 0. The molecule has 0 spiro atoms. The second kappa shape index (κ2) is 5.61. The van der Waals surface area contributed by atoms with Crippen LogP contribution in [0, 0.1) is 13.8 Å². The van der Waals surface area contributed by atoms with Crippen LogP contribution in [0.5, 0.6) is 5.75 Å². The van der Waals surface area contributed by atoms with Crippen molar-refractivity contribution in [1.82, 2.24) is 5.32 Å². The number of nitrogens with one attached hydrogen (secondary N) is 1. The van der Waals surface area contributed by atoms with Gasteiger partial charge < -0.3 is 10.1 Å². The Kier molecular flexibility index (Phi) is 4.63. The van der Waals surface area contributed by atoms with Crippen LogP contribution in [-0.2, 0) is 10.3 Å². The summed E-state index contributed by atoms with van der Waals surface area (Å²) in [5.41, 5.74) is 2.82. The van der Waals surface area contributed by atoms with Crippen LogP contribution in [0.3, 0.4) is 0 Å². The molecule has 0 atom stereocenters. The van der Waals surface area contributed by atoms with E-state index in [2.05, 4.69) is 5.32 Å². The summed E-state index contributed by atoms with van der Waals surface area (Å²) in [7, 11) is 1.65. The molecule has 0 saturated carbocycles. The van der Waals surface area contributed by atoms with E-state index in [1.54, 1.807) is 7.11 Å². The fraction of sp³-hybridized carbons (Fsp3) is 0.500. The summed E-state index contributed by atoms with van der Waals surface area (Å²) < 4.78 is 5.29. The molecule has 1 aromatic rings. The highest BCUT2D eigenvalue weighted by atomic mass is 35.5. The van der Waals surface area contributed by atoms with Gasteiger partial charge in [-0.15, -0.1) is 11.6 Å². The van der Waals surface area contributed by atoms with Crippen LogP contribution in [0.15, 0.2) is 12.1 Å². The molecule has 18 heavy (non-hydrogen) atoms. The lowest BCUT2D eigenvalue weighted by Gasteiger charge is -2.29. The number of carbonyl (C=O) groups is 1. The lowest BCUT2D eigenvalue weighted by Crippen LogP contribution is -2.42. The zero-order valence-electron chi connectivity index (χ0n) is 11.6. The summed E-state index contributed by atoms with van der Waals surface area (Å²) in [5, 5.41) is 2.92. The molecule has 1 aromatic carbocycles. The predicted octanol–water partition coefficient (Wildman–Crippen LogP) is 2.90. The Balaban J connectivity index is 3.17. The number of hydrogen-bond acceptors (Lipinski definition) is 2. The largest absolute Gasteiger partial charge is 0.496 e. The number of amides is 1. The average Bonchev–Trinajstić information content (AvgIpc) is 2.31. The van der Waals surface area contributed by atoms with E-state index in [1.165, 1.54) is 0 Å². The number of benzene rings is 1. The molecule has 1 rings (SSSR count). The fourth-order valence-electron chi connectivity index (χ4n) is 2.14. The van der Waals surface area contributed by atoms with Gasteiger partial charge in [-0.05, 0) is 50.5 Å². The summed E-state index contributed by atoms with van der Waals surface area (Å²) in [6, 6.07) is 3.90. The van der Waals surface area contributed by atoms with Crippen molar-refractivity contribution in [2.24, 2.45) is 0 Å². The van der Waals surface area contributed by atoms with Gasteiger partial charge in [0, 0.05) is 0 Å². The first-order valence-electron chi connectivity index (χ1n) is 5.85. The number of alkyl halides is 1. The monoisotopic (exact) mass is 269 g/mol. The van der Waals surface area contributed by atoms with E-state index >= 15 is 0 Å². The fourth-order valence-corrected chi connectivity index (χ4v) is 2.21. The number of rotatable bonds is 4. The first kappa shape index (κ1) is 14.8. The highest BCUT2D eigenvalue weighted by Gasteiger charge is 2.25. The lowest BCUT2D eigenvalue weighted by molar-refractivity contribution is -0.120. The molecule has 0 saturated heterocycles. The minimum absolute atomic E-state index is 0.0301. The van der Waals surface area contributed by atoms with Crippen molar-refractivity contribution in [3.8, 4) is 5.75 Å². The van der Waals surface area contributed by atoms with E-state index in [-0.39, 0.29) is 11.8 Å². The molecule has 0 fully saturated rings. The average molecular weight is 270 g/mol. The number of methoxy groups -OCH3 is 1. The molecule has 0 heterocycles. The van der Waals surface area contributed by atoms with E-state index in [9.17, 15) is 4.79 Å². The van der Waals surface area contributed by atoms with Gasteiger partial charge in [0.2, 0.25) is 5.91 Å². The van der Waals surface area contributed by atoms with Crippen LogP contribution < -0.4 is 10.1 Å². The van der Waals surface area contributed by atoms with Crippen molar-refractivity contribution in [3.63, 3.8) is 0 Å².